The summed E-state index contributed by atoms with van der Waals surface area (Å²) in [4.78, 5) is 15.8. The Morgan fingerprint density at radius 3 is 2.83 bits per heavy atom. The summed E-state index contributed by atoms with van der Waals surface area (Å²) in [6.07, 6.45) is 1.66. The van der Waals surface area contributed by atoms with Crippen LogP contribution in [0.15, 0.2) is 51.8 Å². The molecule has 0 unspecified atom stereocenters. The molecule has 90 valence electrons. The van der Waals surface area contributed by atoms with Gasteiger partial charge in [0.2, 0.25) is 0 Å². The van der Waals surface area contributed by atoms with Crippen molar-refractivity contribution in [1.82, 2.24) is 9.55 Å². The summed E-state index contributed by atoms with van der Waals surface area (Å²) < 4.78 is 6.73. The Bertz CT molecular complexity index is 741. The first-order valence-corrected chi connectivity index (χ1v) is 5.53. The molecule has 2 N–H and O–H groups in total. The number of anilines is 1. The van der Waals surface area contributed by atoms with Crippen molar-refractivity contribution in [2.45, 2.75) is 6.54 Å². The molecule has 0 aliphatic carbocycles. The first-order valence-electron chi connectivity index (χ1n) is 5.53. The molecule has 0 amide bonds. The van der Waals surface area contributed by atoms with E-state index in [1.54, 1.807) is 22.9 Å². The van der Waals surface area contributed by atoms with Crippen LogP contribution in [-0.2, 0) is 6.54 Å². The van der Waals surface area contributed by atoms with Crippen LogP contribution in [0.5, 0.6) is 0 Å². The molecule has 3 rings (SSSR count). The lowest BCUT2D eigenvalue weighted by Gasteiger charge is -2.02. The van der Waals surface area contributed by atoms with Crippen LogP contribution in [0.2, 0.25) is 0 Å². The van der Waals surface area contributed by atoms with E-state index < -0.39 is 0 Å². The maximum atomic E-state index is 11.8. The highest BCUT2D eigenvalue weighted by molar-refractivity contribution is 5.72. The molecule has 0 spiro atoms. The number of rotatable bonds is 2. The number of aromatic nitrogens is 2. The normalized spacial score (nSPS) is 10.9. The minimum atomic E-state index is -0.368. The third kappa shape index (κ3) is 1.75. The number of oxazole rings is 1. The minimum absolute atomic E-state index is 0.368. The third-order valence-electron chi connectivity index (χ3n) is 2.76. The summed E-state index contributed by atoms with van der Waals surface area (Å²) in [5.41, 5.74) is 7.79. The third-order valence-corrected chi connectivity index (χ3v) is 2.76. The number of pyridine rings is 1. The zero-order valence-corrected chi connectivity index (χ0v) is 9.54. The van der Waals surface area contributed by atoms with Crippen molar-refractivity contribution in [2.75, 3.05) is 5.73 Å². The first-order chi connectivity index (χ1) is 8.74. The van der Waals surface area contributed by atoms with E-state index in [1.807, 2.05) is 24.3 Å². The molecule has 5 heteroatoms. The Hall–Kier alpha value is -2.56. The Labute approximate surface area is 102 Å². The van der Waals surface area contributed by atoms with Crippen molar-refractivity contribution < 1.29 is 4.42 Å². The molecule has 0 saturated carbocycles. The van der Waals surface area contributed by atoms with Gasteiger partial charge in [0.15, 0.2) is 5.58 Å². The fourth-order valence-electron chi connectivity index (χ4n) is 1.88. The second-order valence-corrected chi connectivity index (χ2v) is 4.01. The van der Waals surface area contributed by atoms with Crippen LogP contribution >= 0.6 is 0 Å². The van der Waals surface area contributed by atoms with Gasteiger partial charge in [-0.05, 0) is 23.8 Å². The SMILES string of the molecule is Nc1ccc(Cn2c(=O)oc3ccccc32)cn1. The monoisotopic (exact) mass is 241 g/mol. The average Bonchev–Trinajstić information content (AvgIpc) is 2.69. The second-order valence-electron chi connectivity index (χ2n) is 4.01. The Balaban J connectivity index is 2.07. The molecule has 3 aromatic rings. The van der Waals surface area contributed by atoms with Gasteiger partial charge in [-0.15, -0.1) is 0 Å². The van der Waals surface area contributed by atoms with Crippen LogP contribution in [0.4, 0.5) is 5.82 Å². The highest BCUT2D eigenvalue weighted by Crippen LogP contribution is 2.13. The zero-order chi connectivity index (χ0) is 12.5. The molecule has 0 aliphatic rings. The lowest BCUT2D eigenvalue weighted by atomic mass is 10.2. The van der Waals surface area contributed by atoms with E-state index in [0.29, 0.717) is 17.9 Å². The molecule has 0 aliphatic heterocycles. The summed E-state index contributed by atoms with van der Waals surface area (Å²) in [7, 11) is 0. The number of nitrogens with zero attached hydrogens (tertiary/aromatic N) is 2. The summed E-state index contributed by atoms with van der Waals surface area (Å²) in [6, 6.07) is 10.9. The number of benzene rings is 1. The van der Waals surface area contributed by atoms with E-state index in [4.69, 9.17) is 10.2 Å². The van der Waals surface area contributed by atoms with E-state index in [9.17, 15) is 4.79 Å². The topological polar surface area (TPSA) is 74.0 Å². The van der Waals surface area contributed by atoms with Gasteiger partial charge in [-0.25, -0.2) is 9.78 Å². The molecule has 2 aromatic heterocycles. The number of hydrogen-bond donors (Lipinski definition) is 1. The van der Waals surface area contributed by atoms with Gasteiger partial charge in [0.05, 0.1) is 12.1 Å². The maximum absolute atomic E-state index is 11.8. The van der Waals surface area contributed by atoms with Gasteiger partial charge in [-0.2, -0.15) is 0 Å². The van der Waals surface area contributed by atoms with Gasteiger partial charge in [0.1, 0.15) is 5.82 Å². The highest BCUT2D eigenvalue weighted by atomic mass is 16.4. The van der Waals surface area contributed by atoms with Crippen LogP contribution in [-0.4, -0.2) is 9.55 Å². The summed E-state index contributed by atoms with van der Waals surface area (Å²) in [6.45, 7) is 0.420. The molecule has 0 radical (unpaired) electrons. The number of para-hydroxylation sites is 2. The van der Waals surface area contributed by atoms with E-state index >= 15 is 0 Å². The summed E-state index contributed by atoms with van der Waals surface area (Å²) in [5, 5.41) is 0. The standard InChI is InChI=1S/C13H11N3O2/c14-12-6-5-9(7-15-12)8-16-10-3-1-2-4-11(10)18-13(16)17/h1-7H,8H2,(H2,14,15). The predicted molar refractivity (Wildman–Crippen MR) is 68.2 cm³/mol. The summed E-state index contributed by atoms with van der Waals surface area (Å²) in [5.74, 6) is 0.0937. The van der Waals surface area contributed by atoms with E-state index in [2.05, 4.69) is 4.98 Å². The van der Waals surface area contributed by atoms with Crippen molar-refractivity contribution in [2.24, 2.45) is 0 Å². The first kappa shape index (κ1) is 10.6. The zero-order valence-electron chi connectivity index (χ0n) is 9.54. The van der Waals surface area contributed by atoms with Gasteiger partial charge >= 0.3 is 5.76 Å². The van der Waals surface area contributed by atoms with Crippen molar-refractivity contribution in [3.63, 3.8) is 0 Å². The van der Waals surface area contributed by atoms with E-state index in [1.165, 1.54) is 0 Å². The fourth-order valence-corrected chi connectivity index (χ4v) is 1.88. The predicted octanol–water partition coefficient (Wildman–Crippen LogP) is 1.62. The number of nitrogen functional groups attached to an aromatic ring is 1. The van der Waals surface area contributed by atoms with Crippen LogP contribution in [0.25, 0.3) is 11.1 Å². The van der Waals surface area contributed by atoms with Crippen molar-refractivity contribution in [3.8, 4) is 0 Å². The number of hydrogen-bond acceptors (Lipinski definition) is 4. The van der Waals surface area contributed by atoms with E-state index in [0.717, 1.165) is 11.1 Å². The molecule has 0 fully saturated rings. The molecule has 0 bridgehead atoms. The van der Waals surface area contributed by atoms with Gasteiger partial charge < -0.3 is 10.2 Å². The van der Waals surface area contributed by atoms with Gasteiger partial charge in [0, 0.05) is 6.20 Å². The Kier molecular flexibility index (Phi) is 2.37. The Morgan fingerprint density at radius 1 is 1.22 bits per heavy atom. The minimum Gasteiger partial charge on any atom is -0.408 e. The largest absolute Gasteiger partial charge is 0.420 e. The van der Waals surface area contributed by atoms with Crippen LogP contribution in [0.1, 0.15) is 5.56 Å². The fraction of sp³-hybridized carbons (Fsp3) is 0.0769. The van der Waals surface area contributed by atoms with Gasteiger partial charge in [0.25, 0.3) is 0 Å². The molecule has 1 aromatic carbocycles. The van der Waals surface area contributed by atoms with Gasteiger partial charge in [-0.3, -0.25) is 4.57 Å². The molecule has 2 heterocycles. The van der Waals surface area contributed by atoms with E-state index in [-0.39, 0.29) is 5.76 Å². The molecule has 0 saturated heterocycles. The molecular weight excluding hydrogens is 230 g/mol. The second kappa shape index (κ2) is 4.03. The summed E-state index contributed by atoms with van der Waals surface area (Å²) >= 11 is 0. The Morgan fingerprint density at radius 2 is 2.06 bits per heavy atom. The lowest BCUT2D eigenvalue weighted by Crippen LogP contribution is -2.15. The molecule has 18 heavy (non-hydrogen) atoms. The highest BCUT2D eigenvalue weighted by Gasteiger charge is 2.08. The quantitative estimate of drug-likeness (QED) is 0.739. The number of nitrogens with two attached hydrogens (primary N) is 1. The maximum Gasteiger partial charge on any atom is 0.420 e. The molecular formula is C13H11N3O2. The van der Waals surface area contributed by atoms with Crippen LogP contribution < -0.4 is 11.5 Å². The number of fused-ring (bicyclic) bond motifs is 1. The van der Waals surface area contributed by atoms with Crippen LogP contribution in [0, 0.1) is 0 Å². The lowest BCUT2D eigenvalue weighted by molar-refractivity contribution is 0.517. The molecule has 5 nitrogen and oxygen atoms in total. The van der Waals surface area contributed by atoms with Crippen LogP contribution in [0.3, 0.4) is 0 Å². The average molecular weight is 241 g/mol. The van der Waals surface area contributed by atoms with Crippen molar-refractivity contribution >= 4 is 16.9 Å². The smallest absolute Gasteiger partial charge is 0.408 e. The van der Waals surface area contributed by atoms with Gasteiger partial charge in [-0.1, -0.05) is 18.2 Å². The van der Waals surface area contributed by atoms with Crippen molar-refractivity contribution in [3.05, 3.63) is 58.7 Å². The van der Waals surface area contributed by atoms with Crippen molar-refractivity contribution in [1.29, 1.82) is 0 Å². The molecule has 0 atom stereocenters.